The summed E-state index contributed by atoms with van der Waals surface area (Å²) in [5.41, 5.74) is -0.738. The zero-order valence-corrected chi connectivity index (χ0v) is 14.3. The third-order valence-corrected chi connectivity index (χ3v) is 4.25. The van der Waals surface area contributed by atoms with Crippen molar-refractivity contribution in [3.63, 3.8) is 0 Å². The maximum absolute atomic E-state index is 12.1. The maximum Gasteiger partial charge on any atom is 0.235 e. The second-order valence-electron chi connectivity index (χ2n) is 6.18. The summed E-state index contributed by atoms with van der Waals surface area (Å²) in [7, 11) is 1.85. The molecular weight excluding hydrogens is 314 g/mol. The molecule has 1 aliphatic rings. The van der Waals surface area contributed by atoms with Crippen molar-refractivity contribution in [2.75, 3.05) is 26.7 Å². The van der Waals surface area contributed by atoms with E-state index >= 15 is 0 Å². The molecule has 1 fully saturated rings. The molecule has 1 aromatic carbocycles. The summed E-state index contributed by atoms with van der Waals surface area (Å²) in [5, 5.41) is 12.8. The van der Waals surface area contributed by atoms with Crippen LogP contribution in [-0.4, -0.2) is 43.1 Å². The number of nitrogens with one attached hydrogen (secondary N) is 1. The normalized spacial score (nSPS) is 16.5. The minimum absolute atomic E-state index is 0.130. The highest BCUT2D eigenvalue weighted by molar-refractivity contribution is 6.30. The van der Waals surface area contributed by atoms with E-state index in [4.69, 9.17) is 16.3 Å². The largest absolute Gasteiger partial charge is 0.492 e. The van der Waals surface area contributed by atoms with E-state index in [1.54, 1.807) is 19.1 Å². The molecule has 1 saturated carbocycles. The SMILES string of the molecule is CN(CCOc1ccc(Cl)cc1)CC(=O)N[C@](C)(C#N)C1CC1. The van der Waals surface area contributed by atoms with Gasteiger partial charge in [-0.15, -0.1) is 0 Å². The van der Waals surface area contributed by atoms with E-state index in [0.29, 0.717) is 18.2 Å². The first-order valence-electron chi connectivity index (χ1n) is 7.72. The molecule has 0 radical (unpaired) electrons. The van der Waals surface area contributed by atoms with Gasteiger partial charge in [-0.2, -0.15) is 5.26 Å². The van der Waals surface area contributed by atoms with Crippen LogP contribution in [0.3, 0.4) is 0 Å². The minimum atomic E-state index is -0.738. The van der Waals surface area contributed by atoms with Gasteiger partial charge in [-0.3, -0.25) is 9.69 Å². The van der Waals surface area contributed by atoms with Crippen molar-refractivity contribution in [3.8, 4) is 11.8 Å². The third kappa shape index (κ3) is 5.42. The van der Waals surface area contributed by atoms with Crippen LogP contribution in [0.25, 0.3) is 0 Å². The highest BCUT2D eigenvalue weighted by atomic mass is 35.5. The molecular formula is C17H22ClN3O2. The lowest BCUT2D eigenvalue weighted by molar-refractivity contribution is -0.123. The molecule has 23 heavy (non-hydrogen) atoms. The van der Waals surface area contributed by atoms with Crippen LogP contribution in [0.5, 0.6) is 5.75 Å². The van der Waals surface area contributed by atoms with E-state index < -0.39 is 5.54 Å². The molecule has 0 aromatic heterocycles. The maximum atomic E-state index is 12.1. The second-order valence-corrected chi connectivity index (χ2v) is 6.61. The molecule has 0 heterocycles. The molecule has 0 spiro atoms. The molecule has 124 valence electrons. The van der Waals surface area contributed by atoms with Gasteiger partial charge in [0.15, 0.2) is 0 Å². The second kappa shape index (κ2) is 7.67. The molecule has 0 aliphatic heterocycles. The summed E-state index contributed by atoms with van der Waals surface area (Å²) in [6.45, 7) is 3.13. The van der Waals surface area contributed by atoms with Crippen molar-refractivity contribution in [3.05, 3.63) is 29.3 Å². The van der Waals surface area contributed by atoms with Crippen LogP contribution in [0, 0.1) is 17.2 Å². The van der Waals surface area contributed by atoms with Crippen LogP contribution in [-0.2, 0) is 4.79 Å². The Bertz CT molecular complexity index is 580. The van der Waals surface area contributed by atoms with Gasteiger partial charge in [0.1, 0.15) is 17.9 Å². The average molecular weight is 336 g/mol. The summed E-state index contributed by atoms with van der Waals surface area (Å²) in [6, 6.07) is 9.39. The number of benzene rings is 1. The first kappa shape index (κ1) is 17.6. The number of nitrogens with zero attached hydrogens (tertiary/aromatic N) is 2. The molecule has 0 saturated heterocycles. The van der Waals surface area contributed by atoms with Gasteiger partial charge >= 0.3 is 0 Å². The van der Waals surface area contributed by atoms with Crippen LogP contribution in [0.1, 0.15) is 19.8 Å². The van der Waals surface area contributed by atoms with Crippen molar-refractivity contribution in [2.45, 2.75) is 25.3 Å². The Hall–Kier alpha value is -1.77. The van der Waals surface area contributed by atoms with Crippen LogP contribution in [0.4, 0.5) is 0 Å². The number of hydrogen-bond acceptors (Lipinski definition) is 4. The van der Waals surface area contributed by atoms with Gasteiger partial charge < -0.3 is 10.1 Å². The summed E-state index contributed by atoms with van der Waals surface area (Å²) >= 11 is 5.81. The van der Waals surface area contributed by atoms with Gasteiger partial charge in [-0.25, -0.2) is 0 Å². The third-order valence-electron chi connectivity index (χ3n) is 3.99. The Morgan fingerprint density at radius 2 is 2.13 bits per heavy atom. The predicted octanol–water partition coefficient (Wildman–Crippen LogP) is 2.46. The Morgan fingerprint density at radius 1 is 1.48 bits per heavy atom. The minimum Gasteiger partial charge on any atom is -0.492 e. The fraction of sp³-hybridized carbons (Fsp3) is 0.529. The highest BCUT2D eigenvalue weighted by Crippen LogP contribution is 2.39. The van der Waals surface area contributed by atoms with E-state index in [0.717, 1.165) is 18.6 Å². The lowest BCUT2D eigenvalue weighted by Gasteiger charge is -2.24. The average Bonchev–Trinajstić information content (AvgIpc) is 3.34. The van der Waals surface area contributed by atoms with Crippen LogP contribution >= 0.6 is 11.6 Å². The number of halogens is 1. The topological polar surface area (TPSA) is 65.4 Å². The Labute approximate surface area is 142 Å². The lowest BCUT2D eigenvalue weighted by Crippen LogP contribution is -2.50. The van der Waals surface area contributed by atoms with E-state index in [2.05, 4.69) is 11.4 Å². The number of hydrogen-bond donors (Lipinski definition) is 1. The molecule has 0 unspecified atom stereocenters. The van der Waals surface area contributed by atoms with Crippen LogP contribution in [0.2, 0.25) is 5.02 Å². The van der Waals surface area contributed by atoms with Gasteiger partial charge in [0, 0.05) is 11.6 Å². The predicted molar refractivity (Wildman–Crippen MR) is 89.3 cm³/mol. The van der Waals surface area contributed by atoms with Gasteiger partial charge in [0.05, 0.1) is 12.6 Å². The first-order valence-corrected chi connectivity index (χ1v) is 8.10. The van der Waals surface area contributed by atoms with Crippen LogP contribution < -0.4 is 10.1 Å². The molecule has 1 amide bonds. The standard InChI is InChI=1S/C17H22ClN3O2/c1-17(12-19,13-3-4-13)20-16(22)11-21(2)9-10-23-15-7-5-14(18)6-8-15/h5-8,13H,3-4,9-11H2,1-2H3,(H,20,22)/t17-/m1/s1. The Balaban J connectivity index is 1.69. The van der Waals surface area contributed by atoms with E-state index in [1.807, 2.05) is 24.1 Å². The number of ether oxygens (including phenoxy) is 1. The van der Waals surface area contributed by atoms with E-state index in [9.17, 15) is 10.1 Å². The smallest absolute Gasteiger partial charge is 0.235 e. The zero-order valence-electron chi connectivity index (χ0n) is 13.5. The van der Waals surface area contributed by atoms with Gasteiger partial charge in [-0.05, 0) is 57.0 Å². The monoisotopic (exact) mass is 335 g/mol. The molecule has 1 atom stereocenters. The number of rotatable bonds is 8. The number of nitriles is 1. The fourth-order valence-corrected chi connectivity index (χ4v) is 2.51. The molecule has 6 heteroatoms. The van der Waals surface area contributed by atoms with Crippen molar-refractivity contribution in [1.29, 1.82) is 5.26 Å². The van der Waals surface area contributed by atoms with Gasteiger partial charge in [0.2, 0.25) is 5.91 Å². The van der Waals surface area contributed by atoms with Gasteiger partial charge in [-0.1, -0.05) is 11.6 Å². The number of likely N-dealkylation sites (N-methyl/N-ethyl adjacent to an activating group) is 1. The molecule has 1 aliphatic carbocycles. The molecule has 1 aromatic rings. The van der Waals surface area contributed by atoms with Crippen molar-refractivity contribution in [1.82, 2.24) is 10.2 Å². The zero-order chi connectivity index (χ0) is 16.9. The van der Waals surface area contributed by atoms with Crippen molar-refractivity contribution < 1.29 is 9.53 Å². The molecule has 2 rings (SSSR count). The molecule has 1 N–H and O–H groups in total. The lowest BCUT2D eigenvalue weighted by atomic mass is 9.98. The quantitative estimate of drug-likeness (QED) is 0.792. The summed E-state index contributed by atoms with van der Waals surface area (Å²) in [4.78, 5) is 13.9. The molecule has 5 nitrogen and oxygen atoms in total. The van der Waals surface area contributed by atoms with Crippen LogP contribution in [0.15, 0.2) is 24.3 Å². The Kier molecular flexibility index (Phi) is 5.86. The summed E-state index contributed by atoms with van der Waals surface area (Å²) in [6.07, 6.45) is 2.02. The van der Waals surface area contributed by atoms with E-state index in [-0.39, 0.29) is 18.4 Å². The highest BCUT2D eigenvalue weighted by Gasteiger charge is 2.42. The molecule has 0 bridgehead atoms. The van der Waals surface area contributed by atoms with Crippen molar-refractivity contribution >= 4 is 17.5 Å². The van der Waals surface area contributed by atoms with Crippen molar-refractivity contribution in [2.24, 2.45) is 5.92 Å². The number of carbonyl (C=O) groups is 1. The Morgan fingerprint density at radius 3 is 2.70 bits per heavy atom. The van der Waals surface area contributed by atoms with Gasteiger partial charge in [0.25, 0.3) is 0 Å². The summed E-state index contributed by atoms with van der Waals surface area (Å²) in [5.74, 6) is 0.906. The number of carbonyl (C=O) groups excluding carboxylic acids is 1. The summed E-state index contributed by atoms with van der Waals surface area (Å²) < 4.78 is 5.60. The fourth-order valence-electron chi connectivity index (χ4n) is 2.39. The van der Waals surface area contributed by atoms with E-state index in [1.165, 1.54) is 0 Å². The first-order chi connectivity index (χ1) is 10.9. The number of amides is 1.